The van der Waals surface area contributed by atoms with Crippen molar-refractivity contribution in [1.82, 2.24) is 0 Å². The molecule has 116 valence electrons. The Morgan fingerprint density at radius 3 is 2.70 bits per heavy atom. The molecular weight excluding hydrogens is 318 g/mol. The van der Waals surface area contributed by atoms with Crippen molar-refractivity contribution in [2.24, 2.45) is 0 Å². The lowest BCUT2D eigenvalue weighted by Gasteiger charge is -2.08. The lowest BCUT2D eigenvalue weighted by Crippen LogP contribution is -2.21. The van der Waals surface area contributed by atoms with E-state index >= 15 is 0 Å². The molecule has 0 saturated heterocycles. The molecule has 1 heterocycles. The van der Waals surface area contributed by atoms with Crippen molar-refractivity contribution >= 4 is 34.2 Å². The maximum absolute atomic E-state index is 12.3. The summed E-state index contributed by atoms with van der Waals surface area (Å²) in [5.74, 6) is -0.589. The lowest BCUT2D eigenvalue weighted by molar-refractivity contribution is 0.102. The first-order valence-electron chi connectivity index (χ1n) is 6.78. The molecule has 3 rings (SSSR count). The number of carbonyl (C=O) groups excluding carboxylic acids is 1. The van der Waals surface area contributed by atoms with E-state index in [-0.39, 0.29) is 16.9 Å². The average molecular weight is 330 g/mol. The minimum absolute atomic E-state index is 0.0189. The van der Waals surface area contributed by atoms with Crippen molar-refractivity contribution in [3.63, 3.8) is 0 Å². The first kappa shape index (κ1) is 15.1. The Bertz CT molecular complexity index is 978. The summed E-state index contributed by atoms with van der Waals surface area (Å²) in [6.45, 7) is 1.80. The molecule has 0 saturated carbocycles. The van der Waals surface area contributed by atoms with Gasteiger partial charge in [0.2, 0.25) is 0 Å². The number of hydrogen-bond acceptors (Lipinski definition) is 4. The van der Waals surface area contributed by atoms with Gasteiger partial charge in [0.1, 0.15) is 16.9 Å². The Kier molecular flexibility index (Phi) is 3.80. The SMILES string of the molecule is Cc1cc(Cl)ccc1NC(=O)c1cc2ccc(O)cc2oc1=O. The van der Waals surface area contributed by atoms with Crippen LogP contribution < -0.4 is 10.9 Å². The predicted octanol–water partition coefficient (Wildman–Crippen LogP) is 3.71. The second-order valence-corrected chi connectivity index (χ2v) is 5.52. The largest absolute Gasteiger partial charge is 0.508 e. The van der Waals surface area contributed by atoms with Gasteiger partial charge in [-0.2, -0.15) is 0 Å². The number of fused-ring (bicyclic) bond motifs is 1. The Morgan fingerprint density at radius 1 is 1.17 bits per heavy atom. The molecule has 1 amide bonds. The van der Waals surface area contributed by atoms with Gasteiger partial charge in [-0.3, -0.25) is 4.79 Å². The van der Waals surface area contributed by atoms with Gasteiger partial charge in [0, 0.05) is 22.2 Å². The number of halogens is 1. The topological polar surface area (TPSA) is 79.5 Å². The first-order valence-corrected chi connectivity index (χ1v) is 7.16. The van der Waals surface area contributed by atoms with Crippen LogP contribution in [0.4, 0.5) is 5.69 Å². The van der Waals surface area contributed by atoms with Crippen molar-refractivity contribution < 1.29 is 14.3 Å². The zero-order chi connectivity index (χ0) is 16.6. The lowest BCUT2D eigenvalue weighted by atomic mass is 10.1. The van der Waals surface area contributed by atoms with Gasteiger partial charge in [0.05, 0.1) is 0 Å². The molecule has 0 aliphatic carbocycles. The summed E-state index contributed by atoms with van der Waals surface area (Å²) < 4.78 is 5.08. The van der Waals surface area contributed by atoms with Crippen LogP contribution in [-0.4, -0.2) is 11.0 Å². The standard InChI is InChI=1S/C17H12ClNO4/c1-9-6-11(18)3-5-14(9)19-16(21)13-7-10-2-4-12(20)8-15(10)23-17(13)22/h2-8,20H,1H3,(H,19,21). The maximum Gasteiger partial charge on any atom is 0.349 e. The monoisotopic (exact) mass is 329 g/mol. The van der Waals surface area contributed by atoms with E-state index < -0.39 is 11.5 Å². The maximum atomic E-state index is 12.3. The Balaban J connectivity index is 1.99. The molecule has 2 aromatic carbocycles. The van der Waals surface area contributed by atoms with Crippen molar-refractivity contribution in [2.75, 3.05) is 5.32 Å². The average Bonchev–Trinajstić information content (AvgIpc) is 2.49. The second-order valence-electron chi connectivity index (χ2n) is 5.08. The quantitative estimate of drug-likeness (QED) is 0.702. The minimum Gasteiger partial charge on any atom is -0.508 e. The number of nitrogens with one attached hydrogen (secondary N) is 1. The van der Waals surface area contributed by atoms with Crippen LogP contribution >= 0.6 is 11.6 Å². The summed E-state index contributed by atoms with van der Waals surface area (Å²) in [5.41, 5.74) is 0.671. The van der Waals surface area contributed by atoms with Crippen LogP contribution in [0.2, 0.25) is 5.02 Å². The van der Waals surface area contributed by atoms with Crippen LogP contribution in [0.5, 0.6) is 5.75 Å². The summed E-state index contributed by atoms with van der Waals surface area (Å²) in [5, 5.41) is 13.2. The molecule has 0 aliphatic heterocycles. The van der Waals surface area contributed by atoms with E-state index in [1.54, 1.807) is 31.2 Å². The van der Waals surface area contributed by atoms with Gasteiger partial charge in [-0.15, -0.1) is 0 Å². The smallest absolute Gasteiger partial charge is 0.349 e. The number of anilines is 1. The van der Waals surface area contributed by atoms with Crippen LogP contribution in [0.25, 0.3) is 11.0 Å². The molecule has 0 spiro atoms. The summed E-state index contributed by atoms with van der Waals surface area (Å²) in [4.78, 5) is 24.3. The molecule has 0 atom stereocenters. The highest BCUT2D eigenvalue weighted by Gasteiger charge is 2.15. The van der Waals surface area contributed by atoms with Crippen LogP contribution in [0.15, 0.2) is 51.7 Å². The fourth-order valence-electron chi connectivity index (χ4n) is 2.22. The van der Waals surface area contributed by atoms with Gasteiger partial charge < -0.3 is 14.8 Å². The van der Waals surface area contributed by atoms with Gasteiger partial charge in [-0.1, -0.05) is 11.6 Å². The number of carbonyl (C=O) groups is 1. The minimum atomic E-state index is -0.771. The van der Waals surface area contributed by atoms with Crippen molar-refractivity contribution in [3.8, 4) is 5.75 Å². The highest BCUT2D eigenvalue weighted by Crippen LogP contribution is 2.22. The molecule has 2 N–H and O–H groups in total. The molecule has 0 radical (unpaired) electrons. The number of hydrogen-bond donors (Lipinski definition) is 2. The Hall–Kier alpha value is -2.79. The highest BCUT2D eigenvalue weighted by atomic mass is 35.5. The third-order valence-electron chi connectivity index (χ3n) is 3.40. The van der Waals surface area contributed by atoms with E-state index in [1.165, 1.54) is 18.2 Å². The third kappa shape index (κ3) is 3.05. The number of benzene rings is 2. The van der Waals surface area contributed by atoms with E-state index in [0.717, 1.165) is 5.56 Å². The van der Waals surface area contributed by atoms with Crippen molar-refractivity contribution in [2.45, 2.75) is 6.92 Å². The molecule has 0 unspecified atom stereocenters. The Labute approximate surface area is 136 Å². The fraction of sp³-hybridized carbons (Fsp3) is 0.0588. The molecule has 6 heteroatoms. The van der Waals surface area contributed by atoms with Crippen molar-refractivity contribution in [3.05, 3.63) is 69.0 Å². The molecule has 5 nitrogen and oxygen atoms in total. The predicted molar refractivity (Wildman–Crippen MR) is 88.3 cm³/mol. The zero-order valence-corrected chi connectivity index (χ0v) is 12.8. The van der Waals surface area contributed by atoms with E-state index in [1.807, 2.05) is 0 Å². The molecule has 3 aromatic rings. The van der Waals surface area contributed by atoms with Gasteiger partial charge in [-0.05, 0) is 48.9 Å². The number of aromatic hydroxyl groups is 1. The van der Waals surface area contributed by atoms with E-state index in [2.05, 4.69) is 5.32 Å². The summed E-state index contributed by atoms with van der Waals surface area (Å²) >= 11 is 5.88. The zero-order valence-electron chi connectivity index (χ0n) is 12.1. The van der Waals surface area contributed by atoms with Gasteiger partial charge in [0.15, 0.2) is 0 Å². The summed E-state index contributed by atoms with van der Waals surface area (Å²) in [7, 11) is 0. The molecule has 0 aliphatic rings. The normalized spacial score (nSPS) is 10.7. The van der Waals surface area contributed by atoms with Crippen LogP contribution in [0.1, 0.15) is 15.9 Å². The van der Waals surface area contributed by atoms with Gasteiger partial charge in [-0.25, -0.2) is 4.79 Å². The third-order valence-corrected chi connectivity index (χ3v) is 3.64. The van der Waals surface area contributed by atoms with Crippen LogP contribution in [-0.2, 0) is 0 Å². The van der Waals surface area contributed by atoms with E-state index in [9.17, 15) is 14.7 Å². The Morgan fingerprint density at radius 2 is 1.96 bits per heavy atom. The second kappa shape index (κ2) is 5.78. The number of phenols is 1. The van der Waals surface area contributed by atoms with Gasteiger partial charge in [0.25, 0.3) is 5.91 Å². The van der Waals surface area contributed by atoms with Crippen LogP contribution in [0.3, 0.4) is 0 Å². The number of rotatable bonds is 2. The van der Waals surface area contributed by atoms with E-state index in [4.69, 9.17) is 16.0 Å². The summed E-state index contributed by atoms with van der Waals surface area (Å²) in [6, 6.07) is 10.8. The molecular formula is C17H12ClNO4. The molecule has 0 bridgehead atoms. The highest BCUT2D eigenvalue weighted by molar-refractivity contribution is 6.30. The van der Waals surface area contributed by atoms with Crippen molar-refractivity contribution in [1.29, 1.82) is 0 Å². The van der Waals surface area contributed by atoms with E-state index in [0.29, 0.717) is 16.1 Å². The number of phenolic OH excluding ortho intramolecular Hbond substituents is 1. The molecule has 23 heavy (non-hydrogen) atoms. The molecule has 1 aromatic heterocycles. The summed E-state index contributed by atoms with van der Waals surface area (Å²) in [6.07, 6.45) is 0. The molecule has 0 fully saturated rings. The first-order chi connectivity index (χ1) is 10.9. The fourth-order valence-corrected chi connectivity index (χ4v) is 2.44. The number of amides is 1. The number of aryl methyl sites for hydroxylation is 1. The van der Waals surface area contributed by atoms with Crippen LogP contribution in [0, 0.1) is 6.92 Å². The van der Waals surface area contributed by atoms with Gasteiger partial charge >= 0.3 is 5.63 Å².